The van der Waals surface area contributed by atoms with Gasteiger partial charge in [0.25, 0.3) is 5.56 Å². The largest absolute Gasteiger partial charge is 0.325 e. The standard InChI is InChI=1S/C17H19FN4O2/c1-10(16(23)20-13-6-4-12(18)5-7-13)22-8-14-15(9-22)19-11(2)21(3)17(14)24/h4-7,10H,8-9H2,1-3H3,(H,20,23). The number of nitrogens with zero attached hydrogens (tertiary/aromatic N) is 3. The number of halogens is 1. The molecule has 0 radical (unpaired) electrons. The predicted molar refractivity (Wildman–Crippen MR) is 88.0 cm³/mol. The summed E-state index contributed by atoms with van der Waals surface area (Å²) in [5.41, 5.74) is 1.85. The topological polar surface area (TPSA) is 67.2 Å². The van der Waals surface area contributed by atoms with E-state index in [0.717, 1.165) is 5.69 Å². The summed E-state index contributed by atoms with van der Waals surface area (Å²) in [5.74, 6) is 0.0975. The maximum atomic E-state index is 12.9. The highest BCUT2D eigenvalue weighted by molar-refractivity contribution is 5.94. The molecule has 0 saturated heterocycles. The fraction of sp³-hybridized carbons (Fsp3) is 0.353. The minimum absolute atomic E-state index is 0.0638. The van der Waals surface area contributed by atoms with Crippen LogP contribution in [-0.4, -0.2) is 26.4 Å². The van der Waals surface area contributed by atoms with Crippen LogP contribution in [0.5, 0.6) is 0 Å². The molecule has 2 aromatic rings. The van der Waals surface area contributed by atoms with Crippen LogP contribution in [0, 0.1) is 12.7 Å². The summed E-state index contributed by atoms with van der Waals surface area (Å²) in [4.78, 5) is 31.1. The van der Waals surface area contributed by atoms with Crippen molar-refractivity contribution in [2.75, 3.05) is 5.32 Å². The number of carbonyl (C=O) groups excluding carboxylic acids is 1. The molecule has 3 rings (SSSR count). The number of anilines is 1. The number of hydrogen-bond donors (Lipinski definition) is 1. The van der Waals surface area contributed by atoms with Gasteiger partial charge in [-0.25, -0.2) is 9.37 Å². The average molecular weight is 330 g/mol. The zero-order valence-electron chi connectivity index (χ0n) is 13.8. The third kappa shape index (κ3) is 2.94. The van der Waals surface area contributed by atoms with Gasteiger partial charge in [-0.05, 0) is 38.1 Å². The van der Waals surface area contributed by atoms with Crippen LogP contribution in [0.25, 0.3) is 0 Å². The van der Waals surface area contributed by atoms with E-state index >= 15 is 0 Å². The second kappa shape index (κ2) is 6.16. The van der Waals surface area contributed by atoms with Crippen molar-refractivity contribution < 1.29 is 9.18 Å². The Bertz CT molecular complexity index is 845. The van der Waals surface area contributed by atoms with E-state index in [-0.39, 0.29) is 17.3 Å². The normalized spacial score (nSPS) is 15.2. The number of fused-ring (bicyclic) bond motifs is 1. The Morgan fingerprint density at radius 2 is 1.96 bits per heavy atom. The molecule has 0 spiro atoms. The van der Waals surface area contributed by atoms with Crippen LogP contribution in [0.2, 0.25) is 0 Å². The van der Waals surface area contributed by atoms with Crippen LogP contribution >= 0.6 is 0 Å². The summed E-state index contributed by atoms with van der Waals surface area (Å²) in [6, 6.07) is 5.18. The number of benzene rings is 1. The molecule has 1 aromatic carbocycles. The van der Waals surface area contributed by atoms with E-state index in [1.807, 2.05) is 4.90 Å². The van der Waals surface area contributed by atoms with Crippen molar-refractivity contribution in [3.8, 4) is 0 Å². The number of aryl methyl sites for hydroxylation is 1. The Labute approximate surface area is 138 Å². The van der Waals surface area contributed by atoms with Gasteiger partial charge in [-0.1, -0.05) is 0 Å². The lowest BCUT2D eigenvalue weighted by Crippen LogP contribution is -2.39. The fourth-order valence-electron chi connectivity index (χ4n) is 2.77. The van der Waals surface area contributed by atoms with Crippen molar-refractivity contribution in [3.05, 3.63) is 57.5 Å². The Balaban J connectivity index is 1.73. The van der Waals surface area contributed by atoms with E-state index in [4.69, 9.17) is 0 Å². The Morgan fingerprint density at radius 3 is 2.62 bits per heavy atom. The van der Waals surface area contributed by atoms with Crippen LogP contribution in [0.1, 0.15) is 24.0 Å². The van der Waals surface area contributed by atoms with Gasteiger partial charge in [-0.3, -0.25) is 19.1 Å². The summed E-state index contributed by atoms with van der Waals surface area (Å²) in [6.45, 7) is 4.43. The van der Waals surface area contributed by atoms with Crippen molar-refractivity contribution >= 4 is 11.6 Å². The molecule has 1 N–H and O–H groups in total. The van der Waals surface area contributed by atoms with E-state index in [0.29, 0.717) is 30.2 Å². The number of amides is 1. The molecule has 1 atom stereocenters. The minimum atomic E-state index is -0.436. The molecule has 7 heteroatoms. The molecule has 0 bridgehead atoms. The SMILES string of the molecule is Cc1nc2c(c(=O)n1C)CN(C(C)C(=O)Nc1ccc(F)cc1)C2. The van der Waals surface area contributed by atoms with E-state index in [1.165, 1.54) is 28.8 Å². The van der Waals surface area contributed by atoms with Gasteiger partial charge in [0.15, 0.2) is 0 Å². The second-order valence-corrected chi connectivity index (χ2v) is 6.03. The molecule has 1 unspecified atom stereocenters. The van der Waals surface area contributed by atoms with Gasteiger partial charge in [-0.15, -0.1) is 0 Å². The summed E-state index contributed by atoms with van der Waals surface area (Å²) in [5, 5.41) is 2.76. The highest BCUT2D eigenvalue weighted by Crippen LogP contribution is 2.21. The summed E-state index contributed by atoms with van der Waals surface area (Å²) < 4.78 is 14.4. The van der Waals surface area contributed by atoms with Gasteiger partial charge >= 0.3 is 0 Å². The van der Waals surface area contributed by atoms with Crippen molar-refractivity contribution in [1.29, 1.82) is 0 Å². The molecule has 2 heterocycles. The molecule has 1 aromatic heterocycles. The van der Waals surface area contributed by atoms with Gasteiger partial charge in [0, 0.05) is 25.8 Å². The maximum absolute atomic E-state index is 12.9. The highest BCUT2D eigenvalue weighted by atomic mass is 19.1. The molecule has 0 saturated carbocycles. The smallest absolute Gasteiger partial charge is 0.258 e. The van der Waals surface area contributed by atoms with Gasteiger partial charge in [-0.2, -0.15) is 0 Å². The van der Waals surface area contributed by atoms with Gasteiger partial charge in [0.05, 0.1) is 17.3 Å². The third-order valence-electron chi connectivity index (χ3n) is 4.45. The Hall–Kier alpha value is -2.54. The lowest BCUT2D eigenvalue weighted by atomic mass is 10.2. The second-order valence-electron chi connectivity index (χ2n) is 6.03. The summed E-state index contributed by atoms with van der Waals surface area (Å²) in [7, 11) is 1.69. The first-order valence-corrected chi connectivity index (χ1v) is 7.72. The number of rotatable bonds is 3. The quantitative estimate of drug-likeness (QED) is 0.928. The van der Waals surface area contributed by atoms with Crippen LogP contribution < -0.4 is 10.9 Å². The number of hydrogen-bond acceptors (Lipinski definition) is 4. The van der Waals surface area contributed by atoms with Crippen molar-refractivity contribution in [1.82, 2.24) is 14.5 Å². The predicted octanol–water partition coefficient (Wildman–Crippen LogP) is 1.57. The summed E-state index contributed by atoms with van der Waals surface area (Å²) in [6.07, 6.45) is 0. The molecule has 1 aliphatic heterocycles. The maximum Gasteiger partial charge on any atom is 0.258 e. The van der Waals surface area contributed by atoms with Gasteiger partial charge in [0.2, 0.25) is 5.91 Å². The third-order valence-corrected chi connectivity index (χ3v) is 4.45. The number of carbonyl (C=O) groups is 1. The first kappa shape index (κ1) is 16.3. The van der Waals surface area contributed by atoms with Crippen LogP contribution in [0.15, 0.2) is 29.1 Å². The molecule has 0 aliphatic carbocycles. The van der Waals surface area contributed by atoms with Crippen LogP contribution in [0.4, 0.5) is 10.1 Å². The van der Waals surface area contributed by atoms with E-state index in [2.05, 4.69) is 10.3 Å². The minimum Gasteiger partial charge on any atom is -0.325 e. The molecule has 6 nitrogen and oxygen atoms in total. The molecule has 1 amide bonds. The van der Waals surface area contributed by atoms with Crippen LogP contribution in [0.3, 0.4) is 0 Å². The average Bonchev–Trinajstić information content (AvgIpc) is 2.98. The molecule has 126 valence electrons. The molecular weight excluding hydrogens is 311 g/mol. The van der Waals surface area contributed by atoms with E-state index in [9.17, 15) is 14.0 Å². The van der Waals surface area contributed by atoms with Gasteiger partial charge < -0.3 is 5.32 Å². The lowest BCUT2D eigenvalue weighted by Gasteiger charge is -2.22. The van der Waals surface area contributed by atoms with Crippen molar-refractivity contribution in [2.45, 2.75) is 33.0 Å². The Kier molecular flexibility index (Phi) is 4.19. The van der Waals surface area contributed by atoms with E-state index in [1.54, 1.807) is 20.9 Å². The van der Waals surface area contributed by atoms with E-state index < -0.39 is 6.04 Å². The fourth-order valence-corrected chi connectivity index (χ4v) is 2.77. The zero-order chi connectivity index (χ0) is 17.4. The molecular formula is C17H19FN4O2. The lowest BCUT2D eigenvalue weighted by molar-refractivity contribution is -0.120. The Morgan fingerprint density at radius 1 is 1.29 bits per heavy atom. The molecule has 0 fully saturated rings. The van der Waals surface area contributed by atoms with Crippen molar-refractivity contribution in [2.24, 2.45) is 7.05 Å². The summed E-state index contributed by atoms with van der Waals surface area (Å²) >= 11 is 0. The van der Waals surface area contributed by atoms with Gasteiger partial charge in [0.1, 0.15) is 11.6 Å². The number of aromatic nitrogens is 2. The highest BCUT2D eigenvalue weighted by Gasteiger charge is 2.31. The zero-order valence-corrected chi connectivity index (χ0v) is 13.8. The number of nitrogens with one attached hydrogen (secondary N) is 1. The first-order valence-electron chi connectivity index (χ1n) is 7.72. The molecule has 1 aliphatic rings. The first-order chi connectivity index (χ1) is 11.4. The van der Waals surface area contributed by atoms with Crippen molar-refractivity contribution in [3.63, 3.8) is 0 Å². The monoisotopic (exact) mass is 330 g/mol. The van der Waals surface area contributed by atoms with Crippen LogP contribution in [-0.2, 0) is 24.9 Å². The molecule has 24 heavy (non-hydrogen) atoms.